The van der Waals surface area contributed by atoms with Crippen LogP contribution in [0.4, 0.5) is 11.4 Å². The zero-order valence-corrected chi connectivity index (χ0v) is 15.8. The Morgan fingerprint density at radius 2 is 1.59 bits per heavy atom. The second kappa shape index (κ2) is 7.61. The Morgan fingerprint density at radius 3 is 2.33 bits per heavy atom. The molecule has 1 fully saturated rings. The second-order valence-corrected chi connectivity index (χ2v) is 7.41. The molecule has 4 rings (SSSR count). The van der Waals surface area contributed by atoms with Crippen molar-refractivity contribution in [2.45, 2.75) is 25.8 Å². The normalized spacial score (nSPS) is 18.9. The number of hydrogen-bond acceptors (Lipinski definition) is 4. The summed E-state index contributed by atoms with van der Waals surface area (Å²) < 4.78 is 0. The topological polar surface area (TPSA) is 47.0 Å². The highest BCUT2D eigenvalue weighted by molar-refractivity contribution is 5.98. The smallest absolute Gasteiger partial charge is 0.244 e. The van der Waals surface area contributed by atoms with Gasteiger partial charge in [-0.05, 0) is 43.5 Å². The Labute approximate surface area is 160 Å². The number of rotatable bonds is 3. The number of carbonyl (C=O) groups excluding carboxylic acids is 1. The van der Waals surface area contributed by atoms with Gasteiger partial charge >= 0.3 is 0 Å². The number of fused-ring (bicyclic) bond motifs is 1. The van der Waals surface area contributed by atoms with Crippen molar-refractivity contribution in [2.24, 2.45) is 0 Å². The molecule has 142 valence electrons. The summed E-state index contributed by atoms with van der Waals surface area (Å²) in [4.78, 5) is 19.6. The van der Waals surface area contributed by atoms with Crippen molar-refractivity contribution in [3.8, 4) is 5.75 Å². The van der Waals surface area contributed by atoms with Gasteiger partial charge in [0.05, 0.1) is 11.7 Å². The summed E-state index contributed by atoms with van der Waals surface area (Å²) in [6, 6.07) is 15.6. The molecule has 1 unspecified atom stereocenters. The number of carbonyl (C=O) groups is 1. The third-order valence-electron chi connectivity index (χ3n) is 5.82. The molecule has 0 bridgehead atoms. The van der Waals surface area contributed by atoms with Gasteiger partial charge in [-0.2, -0.15) is 0 Å². The van der Waals surface area contributed by atoms with Crippen LogP contribution in [0.5, 0.6) is 5.75 Å². The summed E-state index contributed by atoms with van der Waals surface area (Å²) in [5.41, 5.74) is 3.23. The highest BCUT2D eigenvalue weighted by Gasteiger charge is 2.31. The number of aryl methyl sites for hydroxylation is 1. The number of hydrogen-bond donors (Lipinski definition) is 1. The predicted octanol–water partition coefficient (Wildman–Crippen LogP) is 2.88. The van der Waals surface area contributed by atoms with Crippen LogP contribution in [0.25, 0.3) is 0 Å². The van der Waals surface area contributed by atoms with Crippen LogP contribution >= 0.6 is 0 Å². The van der Waals surface area contributed by atoms with E-state index >= 15 is 0 Å². The fourth-order valence-corrected chi connectivity index (χ4v) is 4.23. The van der Waals surface area contributed by atoms with Crippen molar-refractivity contribution in [3.05, 3.63) is 54.1 Å². The maximum atomic E-state index is 13.2. The minimum atomic E-state index is -0.136. The summed E-state index contributed by atoms with van der Waals surface area (Å²) in [6.45, 7) is 6.08. The van der Waals surface area contributed by atoms with E-state index in [1.54, 1.807) is 6.07 Å². The van der Waals surface area contributed by atoms with Gasteiger partial charge in [0.15, 0.2) is 0 Å². The highest BCUT2D eigenvalue weighted by Crippen LogP contribution is 2.29. The molecule has 2 aliphatic heterocycles. The fraction of sp³-hybridized carbons (Fsp3) is 0.409. The molecule has 2 heterocycles. The number of nitrogens with zero attached hydrogens (tertiary/aromatic N) is 3. The van der Waals surface area contributed by atoms with Gasteiger partial charge < -0.3 is 14.9 Å². The molecule has 1 N–H and O–H groups in total. The summed E-state index contributed by atoms with van der Waals surface area (Å²) in [6.07, 6.45) is 2.07. The molecule has 0 aliphatic carbocycles. The number of benzene rings is 2. The van der Waals surface area contributed by atoms with E-state index in [0.717, 1.165) is 56.9 Å². The lowest BCUT2D eigenvalue weighted by Gasteiger charge is -2.40. The van der Waals surface area contributed by atoms with Crippen LogP contribution in [-0.4, -0.2) is 54.7 Å². The number of aromatic hydroxyl groups is 1. The molecule has 5 heteroatoms. The highest BCUT2D eigenvalue weighted by atomic mass is 16.3. The Bertz CT molecular complexity index is 815. The Morgan fingerprint density at radius 1 is 0.926 bits per heavy atom. The minimum Gasteiger partial charge on any atom is -0.506 e. The van der Waals surface area contributed by atoms with Crippen molar-refractivity contribution in [1.82, 2.24) is 4.90 Å². The minimum absolute atomic E-state index is 0.136. The van der Waals surface area contributed by atoms with E-state index in [1.807, 2.05) is 36.1 Å². The van der Waals surface area contributed by atoms with E-state index in [2.05, 4.69) is 28.0 Å². The predicted molar refractivity (Wildman–Crippen MR) is 108 cm³/mol. The van der Waals surface area contributed by atoms with E-state index in [9.17, 15) is 9.90 Å². The zero-order chi connectivity index (χ0) is 18.8. The van der Waals surface area contributed by atoms with Gasteiger partial charge in [0.1, 0.15) is 5.75 Å². The maximum absolute atomic E-state index is 13.2. The van der Waals surface area contributed by atoms with Crippen LogP contribution in [0.1, 0.15) is 18.9 Å². The van der Waals surface area contributed by atoms with Crippen LogP contribution in [0.2, 0.25) is 0 Å². The average molecular weight is 365 g/mol. The van der Waals surface area contributed by atoms with Crippen LogP contribution in [-0.2, 0) is 11.2 Å². The third kappa shape index (κ3) is 3.52. The molecule has 0 spiro atoms. The molecular formula is C22H27N3O2. The molecule has 2 aromatic carbocycles. The van der Waals surface area contributed by atoms with Crippen LogP contribution in [0, 0.1) is 0 Å². The van der Waals surface area contributed by atoms with E-state index in [1.165, 1.54) is 5.56 Å². The lowest BCUT2D eigenvalue weighted by Crippen LogP contribution is -2.55. The molecule has 0 saturated carbocycles. The first kappa shape index (κ1) is 17.9. The number of anilines is 2. The number of phenolic OH excluding ortho intramolecular Hbond substituents is 1. The van der Waals surface area contributed by atoms with Crippen molar-refractivity contribution >= 4 is 17.3 Å². The largest absolute Gasteiger partial charge is 0.506 e. The molecule has 0 radical (unpaired) electrons. The first-order valence-electron chi connectivity index (χ1n) is 9.81. The lowest BCUT2D eigenvalue weighted by molar-refractivity contribution is -0.123. The monoisotopic (exact) mass is 365 g/mol. The molecular weight excluding hydrogens is 338 g/mol. The lowest BCUT2D eigenvalue weighted by atomic mass is 10.0. The Balaban J connectivity index is 1.42. The molecule has 27 heavy (non-hydrogen) atoms. The van der Waals surface area contributed by atoms with Gasteiger partial charge in [-0.15, -0.1) is 0 Å². The Kier molecular flexibility index (Phi) is 5.03. The van der Waals surface area contributed by atoms with Crippen LogP contribution in [0.15, 0.2) is 48.5 Å². The van der Waals surface area contributed by atoms with E-state index in [0.29, 0.717) is 5.75 Å². The van der Waals surface area contributed by atoms with Gasteiger partial charge in [0.2, 0.25) is 5.91 Å². The van der Waals surface area contributed by atoms with Gasteiger partial charge in [0, 0.05) is 38.4 Å². The first-order valence-corrected chi connectivity index (χ1v) is 9.81. The van der Waals surface area contributed by atoms with Gasteiger partial charge in [-0.3, -0.25) is 9.69 Å². The van der Waals surface area contributed by atoms with Crippen molar-refractivity contribution in [1.29, 1.82) is 0 Å². The SMILES string of the molecule is CC(C(=O)N1CCCc2ccccc21)N1CCN(c2ccccc2O)CC1. The van der Waals surface area contributed by atoms with Gasteiger partial charge in [-0.25, -0.2) is 0 Å². The van der Waals surface area contributed by atoms with Crippen molar-refractivity contribution in [2.75, 3.05) is 42.5 Å². The average Bonchev–Trinajstić information content (AvgIpc) is 2.73. The molecule has 1 saturated heterocycles. The quantitative estimate of drug-likeness (QED) is 0.909. The number of para-hydroxylation sites is 3. The number of phenols is 1. The van der Waals surface area contributed by atoms with E-state index < -0.39 is 0 Å². The van der Waals surface area contributed by atoms with E-state index in [4.69, 9.17) is 0 Å². The second-order valence-electron chi connectivity index (χ2n) is 7.41. The molecule has 1 amide bonds. The molecule has 1 atom stereocenters. The third-order valence-corrected chi connectivity index (χ3v) is 5.82. The number of amides is 1. The van der Waals surface area contributed by atoms with Crippen LogP contribution < -0.4 is 9.80 Å². The summed E-state index contributed by atoms with van der Waals surface area (Å²) in [5, 5.41) is 10.1. The van der Waals surface area contributed by atoms with Gasteiger partial charge in [-0.1, -0.05) is 30.3 Å². The Hall–Kier alpha value is -2.53. The standard InChI is InChI=1S/C22H27N3O2/c1-17(22(27)25-12-6-8-18-7-2-3-9-19(18)25)23-13-15-24(16-14-23)20-10-4-5-11-21(20)26/h2-5,7,9-11,17,26H,6,8,12-16H2,1H3. The summed E-state index contributed by atoms with van der Waals surface area (Å²) in [5.74, 6) is 0.512. The van der Waals surface area contributed by atoms with Gasteiger partial charge in [0.25, 0.3) is 0 Å². The molecule has 2 aliphatic rings. The number of piperazine rings is 1. The summed E-state index contributed by atoms with van der Waals surface area (Å²) in [7, 11) is 0. The maximum Gasteiger partial charge on any atom is 0.244 e. The zero-order valence-electron chi connectivity index (χ0n) is 15.8. The fourth-order valence-electron chi connectivity index (χ4n) is 4.23. The first-order chi connectivity index (χ1) is 13.1. The van der Waals surface area contributed by atoms with Crippen LogP contribution in [0.3, 0.4) is 0 Å². The van der Waals surface area contributed by atoms with Crippen molar-refractivity contribution in [3.63, 3.8) is 0 Å². The van der Waals surface area contributed by atoms with E-state index in [-0.39, 0.29) is 11.9 Å². The molecule has 0 aromatic heterocycles. The molecule has 2 aromatic rings. The molecule has 5 nitrogen and oxygen atoms in total. The van der Waals surface area contributed by atoms with Crippen molar-refractivity contribution < 1.29 is 9.90 Å². The summed E-state index contributed by atoms with van der Waals surface area (Å²) >= 11 is 0.